The van der Waals surface area contributed by atoms with Crippen LogP contribution in [0.1, 0.15) is 31.7 Å². The van der Waals surface area contributed by atoms with Crippen molar-refractivity contribution >= 4 is 10.0 Å². The highest BCUT2D eigenvalue weighted by molar-refractivity contribution is 7.89. The Morgan fingerprint density at radius 2 is 2.10 bits per heavy atom. The molecule has 0 unspecified atom stereocenters. The number of nitrogens with one attached hydrogen (secondary N) is 2. The largest absolute Gasteiger partial charge is 0.313 e. The van der Waals surface area contributed by atoms with Crippen LogP contribution in [0.4, 0.5) is 4.39 Å². The summed E-state index contributed by atoms with van der Waals surface area (Å²) < 4.78 is 40.5. The summed E-state index contributed by atoms with van der Waals surface area (Å²) in [6.07, 6.45) is 3.09. The number of benzene rings is 1. The fourth-order valence-corrected chi connectivity index (χ4v) is 3.32. The second kappa shape index (κ2) is 6.65. The molecule has 0 amide bonds. The van der Waals surface area contributed by atoms with Gasteiger partial charge in [-0.15, -0.1) is 0 Å². The monoisotopic (exact) mass is 300 g/mol. The van der Waals surface area contributed by atoms with Gasteiger partial charge in [-0.1, -0.05) is 13.0 Å². The molecule has 2 N–H and O–H groups in total. The molecule has 20 heavy (non-hydrogen) atoms. The third-order valence-corrected chi connectivity index (χ3v) is 4.83. The Balaban J connectivity index is 2.15. The van der Waals surface area contributed by atoms with Gasteiger partial charge in [0.05, 0.1) is 4.90 Å². The Hall–Kier alpha value is -0.980. The van der Waals surface area contributed by atoms with Crippen LogP contribution in [0, 0.1) is 11.7 Å². The van der Waals surface area contributed by atoms with Crippen LogP contribution in [0.3, 0.4) is 0 Å². The molecule has 112 valence electrons. The van der Waals surface area contributed by atoms with Crippen molar-refractivity contribution in [1.29, 1.82) is 0 Å². The first kappa shape index (κ1) is 15.4. The molecule has 1 saturated carbocycles. The molecule has 0 saturated heterocycles. The van der Waals surface area contributed by atoms with E-state index in [-0.39, 0.29) is 4.90 Å². The molecule has 0 atom stereocenters. The van der Waals surface area contributed by atoms with Crippen LogP contribution in [0.25, 0.3) is 0 Å². The van der Waals surface area contributed by atoms with Crippen LogP contribution in [0.2, 0.25) is 0 Å². The average Bonchev–Trinajstić information content (AvgIpc) is 3.22. The van der Waals surface area contributed by atoms with Gasteiger partial charge in [-0.25, -0.2) is 17.5 Å². The van der Waals surface area contributed by atoms with Gasteiger partial charge in [-0.2, -0.15) is 0 Å². The quantitative estimate of drug-likeness (QED) is 0.722. The van der Waals surface area contributed by atoms with Gasteiger partial charge in [0, 0.05) is 13.1 Å². The van der Waals surface area contributed by atoms with E-state index in [4.69, 9.17) is 0 Å². The van der Waals surface area contributed by atoms with Gasteiger partial charge in [-0.3, -0.25) is 0 Å². The normalized spacial score (nSPS) is 15.5. The van der Waals surface area contributed by atoms with Gasteiger partial charge >= 0.3 is 0 Å². The molecule has 1 aromatic rings. The van der Waals surface area contributed by atoms with Crippen LogP contribution in [0.15, 0.2) is 23.1 Å². The molecule has 0 aliphatic heterocycles. The van der Waals surface area contributed by atoms with Gasteiger partial charge in [0.1, 0.15) is 5.82 Å². The highest BCUT2D eigenvalue weighted by Crippen LogP contribution is 2.28. The molecule has 0 spiro atoms. The predicted molar refractivity (Wildman–Crippen MR) is 76.3 cm³/mol. The Bertz CT molecular complexity index is 556. The third kappa shape index (κ3) is 4.26. The lowest BCUT2D eigenvalue weighted by molar-refractivity contribution is 0.569. The lowest BCUT2D eigenvalue weighted by Crippen LogP contribution is -2.28. The van der Waals surface area contributed by atoms with E-state index < -0.39 is 15.8 Å². The first-order chi connectivity index (χ1) is 9.53. The van der Waals surface area contributed by atoms with E-state index in [2.05, 4.69) is 10.0 Å². The molecule has 1 aromatic carbocycles. The van der Waals surface area contributed by atoms with Crippen molar-refractivity contribution in [3.63, 3.8) is 0 Å². The Morgan fingerprint density at radius 3 is 2.75 bits per heavy atom. The molecule has 0 bridgehead atoms. The van der Waals surface area contributed by atoms with Crippen molar-refractivity contribution < 1.29 is 12.8 Å². The number of rotatable bonds is 8. The molecular weight excluding hydrogens is 279 g/mol. The minimum absolute atomic E-state index is 0.0433. The van der Waals surface area contributed by atoms with Gasteiger partial charge < -0.3 is 5.32 Å². The molecule has 4 nitrogen and oxygen atoms in total. The van der Waals surface area contributed by atoms with Crippen molar-refractivity contribution in [2.24, 2.45) is 5.92 Å². The second-order valence-electron chi connectivity index (χ2n) is 5.22. The molecule has 0 aromatic heterocycles. The number of sulfonamides is 1. The zero-order valence-electron chi connectivity index (χ0n) is 11.7. The van der Waals surface area contributed by atoms with Crippen LogP contribution >= 0.6 is 0 Å². The van der Waals surface area contributed by atoms with E-state index >= 15 is 0 Å². The van der Waals surface area contributed by atoms with E-state index in [1.165, 1.54) is 12.1 Å². The van der Waals surface area contributed by atoms with Crippen molar-refractivity contribution in [3.05, 3.63) is 29.6 Å². The minimum atomic E-state index is -3.64. The van der Waals surface area contributed by atoms with E-state index in [0.717, 1.165) is 31.9 Å². The van der Waals surface area contributed by atoms with Crippen molar-refractivity contribution in [3.8, 4) is 0 Å². The van der Waals surface area contributed by atoms with Gasteiger partial charge in [0.15, 0.2) is 0 Å². The SMILES string of the molecule is CCCNCc1ccc(F)cc1S(=O)(=O)NCC1CC1. The summed E-state index contributed by atoms with van der Waals surface area (Å²) in [6, 6.07) is 3.92. The number of hydrogen-bond acceptors (Lipinski definition) is 3. The summed E-state index contributed by atoms with van der Waals surface area (Å²) in [4.78, 5) is 0.0433. The molecule has 0 heterocycles. The highest BCUT2D eigenvalue weighted by Gasteiger charge is 2.25. The lowest BCUT2D eigenvalue weighted by Gasteiger charge is -2.12. The highest BCUT2D eigenvalue weighted by atomic mass is 32.2. The average molecular weight is 300 g/mol. The fourth-order valence-electron chi connectivity index (χ4n) is 1.95. The Morgan fingerprint density at radius 1 is 1.35 bits per heavy atom. The van der Waals surface area contributed by atoms with Gasteiger partial charge in [0.2, 0.25) is 10.0 Å². The van der Waals surface area contributed by atoms with Crippen molar-refractivity contribution in [1.82, 2.24) is 10.0 Å². The van der Waals surface area contributed by atoms with Gasteiger partial charge in [0.25, 0.3) is 0 Å². The van der Waals surface area contributed by atoms with E-state index in [0.29, 0.717) is 24.6 Å². The number of hydrogen-bond donors (Lipinski definition) is 2. The summed E-state index contributed by atoms with van der Waals surface area (Å²) in [5, 5.41) is 3.15. The first-order valence-electron chi connectivity index (χ1n) is 7.01. The molecule has 0 radical (unpaired) electrons. The zero-order valence-corrected chi connectivity index (χ0v) is 12.5. The predicted octanol–water partition coefficient (Wildman–Crippen LogP) is 2.01. The summed E-state index contributed by atoms with van der Waals surface area (Å²) >= 11 is 0. The minimum Gasteiger partial charge on any atom is -0.313 e. The maximum Gasteiger partial charge on any atom is 0.241 e. The summed E-state index contributed by atoms with van der Waals surface area (Å²) in [7, 11) is -3.64. The standard InChI is InChI=1S/C14H21FN2O2S/c1-2-7-16-10-12-5-6-13(15)8-14(12)20(18,19)17-9-11-3-4-11/h5-6,8,11,16-17H,2-4,7,9-10H2,1H3. The topological polar surface area (TPSA) is 58.2 Å². The summed E-state index contributed by atoms with van der Waals surface area (Å²) in [5.74, 6) is -0.0870. The third-order valence-electron chi connectivity index (χ3n) is 3.32. The fraction of sp³-hybridized carbons (Fsp3) is 0.571. The van der Waals surface area contributed by atoms with Crippen LogP contribution in [-0.4, -0.2) is 21.5 Å². The van der Waals surface area contributed by atoms with E-state index in [1.807, 2.05) is 6.92 Å². The molecule has 1 aliphatic rings. The van der Waals surface area contributed by atoms with Crippen molar-refractivity contribution in [2.45, 2.75) is 37.6 Å². The van der Waals surface area contributed by atoms with Crippen molar-refractivity contribution in [2.75, 3.05) is 13.1 Å². The molecule has 2 rings (SSSR count). The van der Waals surface area contributed by atoms with Crippen LogP contribution < -0.4 is 10.0 Å². The molecule has 6 heteroatoms. The lowest BCUT2D eigenvalue weighted by atomic mass is 10.2. The second-order valence-corrected chi connectivity index (χ2v) is 6.96. The van der Waals surface area contributed by atoms with Crippen LogP contribution in [0.5, 0.6) is 0 Å². The maximum absolute atomic E-state index is 13.4. The molecule has 1 aliphatic carbocycles. The molecule has 1 fully saturated rings. The molecular formula is C14H21FN2O2S. The Kier molecular flexibility index (Phi) is 5.12. The maximum atomic E-state index is 13.4. The smallest absolute Gasteiger partial charge is 0.241 e. The van der Waals surface area contributed by atoms with E-state index in [9.17, 15) is 12.8 Å². The first-order valence-corrected chi connectivity index (χ1v) is 8.50. The number of halogens is 1. The summed E-state index contributed by atoms with van der Waals surface area (Å²) in [5.41, 5.74) is 0.600. The zero-order chi connectivity index (χ0) is 14.6. The van der Waals surface area contributed by atoms with Crippen LogP contribution in [-0.2, 0) is 16.6 Å². The van der Waals surface area contributed by atoms with Gasteiger partial charge in [-0.05, 0) is 49.4 Å². The Labute approximate surface area is 119 Å². The van der Waals surface area contributed by atoms with E-state index in [1.54, 1.807) is 0 Å². The summed E-state index contributed by atoms with van der Waals surface area (Å²) in [6.45, 7) is 3.70.